The number of aryl methyl sites for hydroxylation is 2. The van der Waals surface area contributed by atoms with Gasteiger partial charge in [-0.15, -0.1) is 11.3 Å². The van der Waals surface area contributed by atoms with Gasteiger partial charge in [0.1, 0.15) is 4.60 Å². The predicted octanol–water partition coefficient (Wildman–Crippen LogP) is 4.90. The van der Waals surface area contributed by atoms with Gasteiger partial charge in [0.05, 0.1) is 11.4 Å². The fourth-order valence-electron chi connectivity index (χ4n) is 1.50. The van der Waals surface area contributed by atoms with Crippen LogP contribution in [0, 0.1) is 13.8 Å². The Morgan fingerprint density at radius 2 is 2.06 bits per heavy atom. The minimum atomic E-state index is 0.835. The average Bonchev–Trinajstić information content (AvgIpc) is 2.57. The molecule has 2 rings (SSSR count). The van der Waals surface area contributed by atoms with Crippen molar-refractivity contribution >= 4 is 48.9 Å². The monoisotopic (exact) mass is 374 g/mol. The van der Waals surface area contributed by atoms with Gasteiger partial charge in [-0.05, 0) is 63.9 Å². The maximum Gasteiger partial charge on any atom is 0.106 e. The first-order valence-corrected chi connectivity index (χ1v) is 7.58. The summed E-state index contributed by atoms with van der Waals surface area (Å²) in [6.07, 6.45) is 0. The van der Waals surface area contributed by atoms with E-state index in [0.29, 0.717) is 0 Å². The highest BCUT2D eigenvalue weighted by atomic mass is 79.9. The summed E-state index contributed by atoms with van der Waals surface area (Å²) in [4.78, 5) is 6.99. The Balaban J connectivity index is 2.07. The smallest absolute Gasteiger partial charge is 0.106 e. The zero-order chi connectivity index (χ0) is 12.4. The van der Waals surface area contributed by atoms with Crippen molar-refractivity contribution in [3.63, 3.8) is 0 Å². The van der Waals surface area contributed by atoms with Crippen molar-refractivity contribution in [2.45, 2.75) is 20.4 Å². The van der Waals surface area contributed by atoms with Crippen molar-refractivity contribution in [3.8, 4) is 0 Å². The lowest BCUT2D eigenvalue weighted by Gasteiger charge is -2.07. The molecule has 0 bridgehead atoms. The summed E-state index contributed by atoms with van der Waals surface area (Å²) in [6.45, 7) is 4.95. The number of hydrogen-bond donors (Lipinski definition) is 1. The van der Waals surface area contributed by atoms with Crippen molar-refractivity contribution in [1.82, 2.24) is 4.98 Å². The molecule has 0 unspecified atom stereocenters. The summed E-state index contributed by atoms with van der Waals surface area (Å²) in [7, 11) is 0. The van der Waals surface area contributed by atoms with E-state index < -0.39 is 0 Å². The Kier molecular flexibility index (Phi) is 4.22. The summed E-state index contributed by atoms with van der Waals surface area (Å²) in [5, 5.41) is 3.40. The second kappa shape index (κ2) is 5.50. The highest BCUT2D eigenvalue weighted by molar-refractivity contribution is 9.10. The van der Waals surface area contributed by atoms with Crippen LogP contribution in [0.25, 0.3) is 0 Å². The fourth-order valence-corrected chi connectivity index (χ4v) is 3.44. The molecule has 2 aromatic heterocycles. The van der Waals surface area contributed by atoms with Crippen LogP contribution in [-0.2, 0) is 6.54 Å². The first-order valence-electron chi connectivity index (χ1n) is 5.18. The number of aromatic nitrogens is 1. The van der Waals surface area contributed by atoms with Crippen LogP contribution in [-0.4, -0.2) is 4.98 Å². The number of rotatable bonds is 3. The van der Waals surface area contributed by atoms with Crippen molar-refractivity contribution in [1.29, 1.82) is 0 Å². The van der Waals surface area contributed by atoms with E-state index >= 15 is 0 Å². The molecule has 1 N–H and O–H groups in total. The zero-order valence-electron chi connectivity index (χ0n) is 9.55. The molecular formula is C12H12Br2N2S. The number of hydrogen-bond acceptors (Lipinski definition) is 3. The quantitative estimate of drug-likeness (QED) is 0.772. The minimum absolute atomic E-state index is 0.835. The molecular weight excluding hydrogens is 364 g/mol. The Hall–Kier alpha value is -0.390. The molecule has 0 atom stereocenters. The molecule has 0 radical (unpaired) electrons. The van der Waals surface area contributed by atoms with Crippen LogP contribution in [0.1, 0.15) is 15.4 Å². The van der Waals surface area contributed by atoms with Crippen LogP contribution in [0.15, 0.2) is 27.3 Å². The number of halogens is 2. The van der Waals surface area contributed by atoms with Crippen LogP contribution >= 0.6 is 43.2 Å². The predicted molar refractivity (Wildman–Crippen MR) is 80.8 cm³/mol. The van der Waals surface area contributed by atoms with Crippen molar-refractivity contribution in [3.05, 3.63) is 42.7 Å². The minimum Gasteiger partial charge on any atom is -0.379 e. The molecule has 2 heterocycles. The maximum atomic E-state index is 4.36. The maximum absolute atomic E-state index is 4.36. The Bertz CT molecular complexity index is 518. The van der Waals surface area contributed by atoms with E-state index in [-0.39, 0.29) is 0 Å². The van der Waals surface area contributed by atoms with Crippen LogP contribution < -0.4 is 5.32 Å². The van der Waals surface area contributed by atoms with E-state index in [2.05, 4.69) is 55.2 Å². The van der Waals surface area contributed by atoms with E-state index in [9.17, 15) is 0 Å². The molecule has 0 aromatic carbocycles. The number of anilines is 1. The molecule has 2 aromatic rings. The third-order valence-corrected chi connectivity index (χ3v) is 4.99. The molecule has 5 heteroatoms. The topological polar surface area (TPSA) is 24.9 Å². The lowest BCUT2D eigenvalue weighted by atomic mass is 10.3. The van der Waals surface area contributed by atoms with E-state index in [1.807, 2.05) is 19.1 Å². The summed E-state index contributed by atoms with van der Waals surface area (Å²) in [5.41, 5.74) is 2.09. The lowest BCUT2D eigenvalue weighted by molar-refractivity contribution is 1.11. The Morgan fingerprint density at radius 3 is 2.65 bits per heavy atom. The Morgan fingerprint density at radius 1 is 1.29 bits per heavy atom. The van der Waals surface area contributed by atoms with Gasteiger partial charge in [-0.2, -0.15) is 0 Å². The van der Waals surface area contributed by atoms with Crippen molar-refractivity contribution in [2.75, 3.05) is 5.32 Å². The zero-order valence-corrected chi connectivity index (χ0v) is 13.5. The number of thiophene rings is 1. The SMILES string of the molecule is Cc1nc(Br)ccc1NCc1cc(Br)c(C)s1. The van der Waals surface area contributed by atoms with Crippen molar-refractivity contribution < 1.29 is 0 Å². The van der Waals surface area contributed by atoms with Gasteiger partial charge in [-0.25, -0.2) is 4.98 Å². The highest BCUT2D eigenvalue weighted by Gasteiger charge is 2.04. The lowest BCUT2D eigenvalue weighted by Crippen LogP contribution is -2.00. The molecule has 17 heavy (non-hydrogen) atoms. The normalized spacial score (nSPS) is 10.6. The molecule has 90 valence electrons. The van der Waals surface area contributed by atoms with E-state index in [1.165, 1.54) is 14.2 Å². The number of pyridine rings is 1. The van der Waals surface area contributed by atoms with Gasteiger partial charge in [-0.3, -0.25) is 0 Å². The second-order valence-electron chi connectivity index (χ2n) is 3.74. The van der Waals surface area contributed by atoms with Gasteiger partial charge in [0, 0.05) is 20.8 Å². The van der Waals surface area contributed by atoms with Crippen LogP contribution in [0.2, 0.25) is 0 Å². The molecule has 0 amide bonds. The largest absolute Gasteiger partial charge is 0.379 e. The molecule has 0 saturated carbocycles. The second-order valence-corrected chi connectivity index (χ2v) is 6.75. The molecule has 0 fully saturated rings. The van der Waals surface area contributed by atoms with E-state index in [0.717, 1.165) is 22.5 Å². The summed E-state index contributed by atoms with van der Waals surface area (Å²) >= 11 is 8.70. The third-order valence-electron chi connectivity index (χ3n) is 2.41. The van der Waals surface area contributed by atoms with Gasteiger partial charge in [-0.1, -0.05) is 0 Å². The van der Waals surface area contributed by atoms with Crippen LogP contribution in [0.4, 0.5) is 5.69 Å². The van der Waals surface area contributed by atoms with Crippen LogP contribution in [0.3, 0.4) is 0 Å². The summed E-state index contributed by atoms with van der Waals surface area (Å²) in [5.74, 6) is 0. The molecule has 0 aliphatic rings. The molecule has 0 spiro atoms. The van der Waals surface area contributed by atoms with Gasteiger partial charge in [0.15, 0.2) is 0 Å². The molecule has 0 saturated heterocycles. The van der Waals surface area contributed by atoms with E-state index in [4.69, 9.17) is 0 Å². The Labute approximate surface area is 122 Å². The first kappa shape index (κ1) is 13.1. The van der Waals surface area contributed by atoms with Crippen LogP contribution in [0.5, 0.6) is 0 Å². The van der Waals surface area contributed by atoms with E-state index in [1.54, 1.807) is 11.3 Å². The third kappa shape index (κ3) is 3.30. The standard InChI is InChI=1S/C12H12Br2N2S/c1-7-11(3-4-12(14)16-7)15-6-9-5-10(13)8(2)17-9/h3-5,15H,6H2,1-2H3. The molecule has 0 aliphatic carbocycles. The van der Waals surface area contributed by atoms with Gasteiger partial charge in [0.25, 0.3) is 0 Å². The molecule has 0 aliphatic heterocycles. The fraction of sp³-hybridized carbons (Fsp3) is 0.250. The van der Waals surface area contributed by atoms with Crippen molar-refractivity contribution in [2.24, 2.45) is 0 Å². The van der Waals surface area contributed by atoms with Gasteiger partial charge >= 0.3 is 0 Å². The van der Waals surface area contributed by atoms with Gasteiger partial charge in [0.2, 0.25) is 0 Å². The average molecular weight is 376 g/mol. The van der Waals surface area contributed by atoms with Gasteiger partial charge < -0.3 is 5.32 Å². The molecule has 2 nitrogen and oxygen atoms in total. The highest BCUT2D eigenvalue weighted by Crippen LogP contribution is 2.27. The number of nitrogens with zero attached hydrogens (tertiary/aromatic N) is 1. The number of nitrogens with one attached hydrogen (secondary N) is 1. The first-order chi connectivity index (χ1) is 8.06. The summed E-state index contributed by atoms with van der Waals surface area (Å²) < 4.78 is 2.06. The summed E-state index contributed by atoms with van der Waals surface area (Å²) in [6, 6.07) is 6.15.